The molecular weight excluding hydrogens is 396 g/mol. The van der Waals surface area contributed by atoms with Gasteiger partial charge in [0.2, 0.25) is 0 Å². The Labute approximate surface area is 193 Å². The second kappa shape index (κ2) is 17.8. The summed E-state index contributed by atoms with van der Waals surface area (Å²) in [5, 5.41) is 0.0664. The summed E-state index contributed by atoms with van der Waals surface area (Å²) in [6.45, 7) is 12.8. The summed E-state index contributed by atoms with van der Waals surface area (Å²) in [5.74, 6) is -0.0638. The topological polar surface area (TPSA) is 26.3 Å². The van der Waals surface area contributed by atoms with Crippen molar-refractivity contribution in [2.75, 3.05) is 0 Å². The first-order chi connectivity index (χ1) is 14.7. The van der Waals surface area contributed by atoms with Gasteiger partial charge in [-0.25, -0.2) is 0 Å². The van der Waals surface area contributed by atoms with Crippen LogP contribution in [0.3, 0.4) is 0 Å². The zero-order chi connectivity index (χ0) is 23.4. The molecule has 0 rings (SSSR count). The van der Waals surface area contributed by atoms with Crippen LogP contribution >= 0.6 is 0 Å². The molecule has 0 N–H and O–H groups in total. The summed E-state index contributed by atoms with van der Waals surface area (Å²) in [6.07, 6.45) is 33.5. The minimum atomic E-state index is -1.98. The van der Waals surface area contributed by atoms with Crippen LogP contribution in [0.4, 0.5) is 0 Å². The van der Waals surface area contributed by atoms with Crippen molar-refractivity contribution in [2.45, 2.75) is 97.2 Å². The molecule has 31 heavy (non-hydrogen) atoms. The maximum atomic E-state index is 12.0. The highest BCUT2D eigenvalue weighted by molar-refractivity contribution is 6.75. The molecule has 0 aliphatic heterocycles. The van der Waals surface area contributed by atoms with Gasteiger partial charge >= 0.3 is 0 Å². The van der Waals surface area contributed by atoms with Gasteiger partial charge in [-0.2, -0.15) is 0 Å². The van der Waals surface area contributed by atoms with Gasteiger partial charge in [-0.15, -0.1) is 0 Å². The molecular formula is C28H46O2Si. The lowest BCUT2D eigenvalue weighted by atomic mass is 10.2. The first-order valence-electron chi connectivity index (χ1n) is 11.8. The van der Waals surface area contributed by atoms with E-state index in [0.29, 0.717) is 6.42 Å². The largest absolute Gasteiger partial charge is 0.519 e. The Kier molecular flexibility index (Phi) is 16.7. The van der Waals surface area contributed by atoms with Crippen molar-refractivity contribution in [1.82, 2.24) is 0 Å². The third-order valence-corrected chi connectivity index (χ3v) is 9.64. The molecule has 0 bridgehead atoms. The minimum absolute atomic E-state index is 0.0638. The van der Waals surface area contributed by atoms with E-state index >= 15 is 0 Å². The average molecular weight is 443 g/mol. The lowest BCUT2D eigenvalue weighted by molar-refractivity contribution is -0.135. The monoisotopic (exact) mass is 442 g/mol. The van der Waals surface area contributed by atoms with Crippen LogP contribution in [0.15, 0.2) is 72.9 Å². The summed E-state index contributed by atoms with van der Waals surface area (Å²) in [7, 11) is -1.98. The molecule has 0 aliphatic carbocycles. The van der Waals surface area contributed by atoms with Gasteiger partial charge in [0.25, 0.3) is 14.3 Å². The molecule has 0 radical (unpaired) electrons. The van der Waals surface area contributed by atoms with Gasteiger partial charge in [0, 0.05) is 6.42 Å². The predicted molar refractivity (Wildman–Crippen MR) is 141 cm³/mol. The van der Waals surface area contributed by atoms with Crippen LogP contribution in [-0.2, 0) is 9.22 Å². The van der Waals surface area contributed by atoms with Crippen molar-refractivity contribution >= 4 is 14.3 Å². The minimum Gasteiger partial charge on any atom is -0.519 e. The zero-order valence-electron chi connectivity index (χ0n) is 20.9. The third-order valence-electron chi connectivity index (χ3n) is 5.29. The van der Waals surface area contributed by atoms with Crippen molar-refractivity contribution in [3.05, 3.63) is 72.9 Å². The molecule has 174 valence electrons. The Balaban J connectivity index is 3.78. The number of hydrogen-bond acceptors (Lipinski definition) is 2. The molecule has 3 heteroatoms. The Bertz CT molecular complexity index is 640. The van der Waals surface area contributed by atoms with Gasteiger partial charge in [0.05, 0.1) is 0 Å². The van der Waals surface area contributed by atoms with Crippen molar-refractivity contribution in [2.24, 2.45) is 0 Å². The zero-order valence-corrected chi connectivity index (χ0v) is 21.9. The number of hydrogen-bond donors (Lipinski definition) is 0. The van der Waals surface area contributed by atoms with Crippen LogP contribution in [0.5, 0.6) is 0 Å². The summed E-state index contributed by atoms with van der Waals surface area (Å²) in [6, 6.07) is 0. The van der Waals surface area contributed by atoms with Gasteiger partial charge in [-0.3, -0.25) is 4.79 Å². The van der Waals surface area contributed by atoms with Crippen molar-refractivity contribution in [3.8, 4) is 0 Å². The van der Waals surface area contributed by atoms with E-state index in [0.717, 1.165) is 44.9 Å². The lowest BCUT2D eigenvalue weighted by Gasteiger charge is -2.35. The number of allylic oxidation sites excluding steroid dienone is 12. The molecule has 0 amide bonds. The molecule has 0 fully saturated rings. The molecule has 2 nitrogen and oxygen atoms in total. The molecule has 0 atom stereocenters. The second-order valence-corrected chi connectivity index (χ2v) is 13.9. The number of carbonyl (C=O) groups is 1. The normalized spacial score (nSPS) is 13.9. The molecule has 0 saturated carbocycles. The maximum absolute atomic E-state index is 12.0. The number of rotatable bonds is 15. The van der Waals surface area contributed by atoms with Gasteiger partial charge < -0.3 is 4.43 Å². The molecule has 0 spiro atoms. The average Bonchev–Trinajstić information content (AvgIpc) is 2.68. The molecule has 0 aromatic carbocycles. The van der Waals surface area contributed by atoms with Crippen LogP contribution in [0.25, 0.3) is 0 Å². The predicted octanol–water partition coefficient (Wildman–Crippen LogP) is 9.01. The van der Waals surface area contributed by atoms with Gasteiger partial charge in [0.15, 0.2) is 0 Å². The standard InChI is InChI=1S/C28H46O2Si/c1-7-8-9-10-11-12-13-14-15-16-17-18-19-20-21-22-23-24-25-26-27(29)30-31(5,6)28(2,3)4/h8-9,11-12,14-15,17-18,20-21,23-24H,7,10,13,16,19,22,25-26H2,1-6H3/b9-8-,12-11-,15-14-,18-17-,21-20-,24-23-. The van der Waals surface area contributed by atoms with Crippen LogP contribution < -0.4 is 0 Å². The highest BCUT2D eigenvalue weighted by atomic mass is 28.4. The summed E-state index contributed by atoms with van der Waals surface area (Å²) in [4.78, 5) is 12.0. The highest BCUT2D eigenvalue weighted by Gasteiger charge is 2.40. The lowest BCUT2D eigenvalue weighted by Crippen LogP contribution is -2.42. The highest BCUT2D eigenvalue weighted by Crippen LogP contribution is 2.36. The second-order valence-electron chi connectivity index (χ2n) is 9.19. The van der Waals surface area contributed by atoms with Crippen LogP contribution in [0.1, 0.15) is 79.1 Å². The molecule has 0 saturated heterocycles. The summed E-state index contributed by atoms with van der Waals surface area (Å²) >= 11 is 0. The third kappa shape index (κ3) is 17.5. The van der Waals surface area contributed by atoms with E-state index in [1.807, 2.05) is 0 Å². The van der Waals surface area contributed by atoms with Gasteiger partial charge in [0.1, 0.15) is 0 Å². The first kappa shape index (κ1) is 29.1. The van der Waals surface area contributed by atoms with Crippen molar-refractivity contribution in [3.63, 3.8) is 0 Å². The molecule has 0 heterocycles. The fourth-order valence-corrected chi connectivity index (χ4v) is 3.31. The quantitative estimate of drug-likeness (QED) is 0.187. The van der Waals surface area contributed by atoms with Crippen LogP contribution in [0, 0.1) is 0 Å². The van der Waals surface area contributed by atoms with Gasteiger partial charge in [-0.1, -0.05) is 101 Å². The molecule has 0 aliphatic rings. The van der Waals surface area contributed by atoms with E-state index in [2.05, 4.69) is 114 Å². The Morgan fingerprint density at radius 2 is 1.03 bits per heavy atom. The fourth-order valence-electron chi connectivity index (χ4n) is 2.33. The van der Waals surface area contributed by atoms with E-state index in [1.165, 1.54) is 0 Å². The van der Waals surface area contributed by atoms with Crippen molar-refractivity contribution in [1.29, 1.82) is 0 Å². The summed E-state index contributed by atoms with van der Waals surface area (Å²) in [5.41, 5.74) is 0. The van der Waals surface area contributed by atoms with Crippen LogP contribution in [0.2, 0.25) is 18.1 Å². The maximum Gasteiger partial charge on any atom is 0.292 e. The first-order valence-corrected chi connectivity index (χ1v) is 14.7. The molecule has 0 aromatic rings. The fraction of sp³-hybridized carbons (Fsp3) is 0.536. The smallest absolute Gasteiger partial charge is 0.292 e. The Hall–Kier alpha value is -1.87. The van der Waals surface area contributed by atoms with E-state index in [4.69, 9.17) is 4.43 Å². The van der Waals surface area contributed by atoms with E-state index in [-0.39, 0.29) is 11.0 Å². The Morgan fingerprint density at radius 3 is 1.39 bits per heavy atom. The van der Waals surface area contributed by atoms with E-state index in [9.17, 15) is 4.79 Å². The van der Waals surface area contributed by atoms with Gasteiger partial charge in [-0.05, 0) is 63.1 Å². The number of carbonyl (C=O) groups excluding carboxylic acids is 1. The SMILES string of the molecule is CC/C=C\C/C=C\C/C=C\C/C=C\C/C=C\C/C=C\CCC(=O)O[Si](C)(C)C(C)(C)C. The Morgan fingerprint density at radius 1 is 0.677 bits per heavy atom. The van der Waals surface area contributed by atoms with E-state index in [1.54, 1.807) is 0 Å². The van der Waals surface area contributed by atoms with Crippen molar-refractivity contribution < 1.29 is 9.22 Å². The molecule has 0 unspecified atom stereocenters. The summed E-state index contributed by atoms with van der Waals surface area (Å²) < 4.78 is 5.77. The van der Waals surface area contributed by atoms with E-state index < -0.39 is 8.32 Å². The van der Waals surface area contributed by atoms with Crippen LogP contribution in [-0.4, -0.2) is 14.3 Å². The molecule has 0 aromatic heterocycles.